The molecule has 0 bridgehead atoms. The fourth-order valence-corrected chi connectivity index (χ4v) is 3.98. The van der Waals surface area contributed by atoms with Crippen LogP contribution in [-0.2, 0) is 0 Å². The summed E-state index contributed by atoms with van der Waals surface area (Å²) in [6.07, 6.45) is -6.72. The quantitative estimate of drug-likeness (QED) is 0.169. The Balaban J connectivity index is 1.72. The van der Waals surface area contributed by atoms with E-state index in [0.29, 0.717) is 12.1 Å². The van der Waals surface area contributed by atoms with Crippen LogP contribution in [0.1, 0.15) is 16.8 Å². The fourth-order valence-electron chi connectivity index (χ4n) is 3.75. The number of guanidine groups is 1. The molecule has 5 N–H and O–H groups in total. The molecule has 1 aliphatic heterocycles. The summed E-state index contributed by atoms with van der Waals surface area (Å²) in [5, 5.41) is 25.7. The number of aromatic hydroxyl groups is 2. The van der Waals surface area contributed by atoms with E-state index in [1.54, 1.807) is 0 Å². The molecule has 1 saturated heterocycles. The van der Waals surface area contributed by atoms with Crippen molar-refractivity contribution in [2.24, 2.45) is 4.99 Å². The van der Waals surface area contributed by atoms with E-state index in [2.05, 4.69) is 21.1 Å². The third-order valence-electron chi connectivity index (χ3n) is 5.43. The van der Waals surface area contributed by atoms with Crippen LogP contribution in [0.3, 0.4) is 0 Å². The Morgan fingerprint density at radius 1 is 1.00 bits per heavy atom. The predicted octanol–water partition coefficient (Wildman–Crippen LogP) is 5.04. The molecule has 2 unspecified atom stereocenters. The van der Waals surface area contributed by atoms with Crippen LogP contribution >= 0.6 is 11.6 Å². The molecule has 8 nitrogen and oxygen atoms in total. The van der Waals surface area contributed by atoms with Crippen molar-refractivity contribution in [1.82, 2.24) is 10.7 Å². The van der Waals surface area contributed by atoms with E-state index >= 15 is 0 Å². The largest absolute Gasteiger partial charge is 0.508 e. The summed E-state index contributed by atoms with van der Waals surface area (Å²) in [4.78, 5) is 16.5. The van der Waals surface area contributed by atoms with Gasteiger partial charge >= 0.3 is 6.18 Å². The Bertz CT molecular complexity index is 1400. The Morgan fingerprint density at radius 2 is 1.69 bits per heavy atom. The SMILES string of the molecule is O=C(/N=C(/Nc1cc(F)cc(Cl)c1)NC1CC(C(F)(F)F)NN1c1cc(O)cc(O)c1)c1ccc(F)c(F)c1. The highest BCUT2D eigenvalue weighted by Crippen LogP contribution is 2.34. The van der Waals surface area contributed by atoms with Gasteiger partial charge in [0, 0.05) is 40.9 Å². The molecule has 1 aliphatic rings. The van der Waals surface area contributed by atoms with E-state index in [0.717, 1.165) is 41.4 Å². The second-order valence-electron chi connectivity index (χ2n) is 8.37. The smallest absolute Gasteiger partial charge is 0.405 e. The Morgan fingerprint density at radius 3 is 2.31 bits per heavy atom. The van der Waals surface area contributed by atoms with E-state index in [-0.39, 0.29) is 22.0 Å². The molecule has 4 rings (SSSR count). The van der Waals surface area contributed by atoms with Crippen LogP contribution in [0.2, 0.25) is 5.02 Å². The highest BCUT2D eigenvalue weighted by molar-refractivity contribution is 6.31. The van der Waals surface area contributed by atoms with Crippen LogP contribution in [-0.4, -0.2) is 40.5 Å². The minimum atomic E-state index is -4.73. The molecule has 3 aromatic carbocycles. The van der Waals surface area contributed by atoms with Gasteiger partial charge in [-0.15, -0.1) is 0 Å². The van der Waals surface area contributed by atoms with Gasteiger partial charge in [-0.2, -0.15) is 18.2 Å². The lowest BCUT2D eigenvalue weighted by molar-refractivity contribution is -0.152. The van der Waals surface area contributed by atoms with E-state index in [4.69, 9.17) is 11.6 Å². The van der Waals surface area contributed by atoms with Gasteiger partial charge in [-0.1, -0.05) is 11.6 Å². The van der Waals surface area contributed by atoms with E-state index in [9.17, 15) is 41.4 Å². The number of amides is 1. The van der Waals surface area contributed by atoms with Crippen molar-refractivity contribution in [3.05, 3.63) is 82.6 Å². The number of hydrogen-bond acceptors (Lipinski definition) is 5. The van der Waals surface area contributed by atoms with Crippen molar-refractivity contribution in [3.8, 4) is 11.5 Å². The molecule has 15 heteroatoms. The second kappa shape index (κ2) is 10.9. The zero-order valence-corrected chi connectivity index (χ0v) is 20.2. The second-order valence-corrected chi connectivity index (χ2v) is 8.81. The third kappa shape index (κ3) is 6.83. The van der Waals surface area contributed by atoms with Gasteiger partial charge < -0.3 is 20.8 Å². The zero-order valence-electron chi connectivity index (χ0n) is 19.4. The highest BCUT2D eigenvalue weighted by atomic mass is 35.5. The molecule has 2 atom stereocenters. The number of nitrogens with zero attached hydrogens (tertiary/aromatic N) is 2. The summed E-state index contributed by atoms with van der Waals surface area (Å²) in [6, 6.07) is 6.40. The van der Waals surface area contributed by atoms with Crippen molar-refractivity contribution in [3.63, 3.8) is 0 Å². The first-order valence-electron chi connectivity index (χ1n) is 11.0. The topological polar surface area (TPSA) is 109 Å². The number of halogens is 7. The number of aliphatic imine (C=N–C) groups is 1. The van der Waals surface area contributed by atoms with Crippen LogP contribution in [0.25, 0.3) is 0 Å². The number of carbonyl (C=O) groups is 1. The molecule has 206 valence electrons. The zero-order chi connectivity index (χ0) is 28.5. The number of hydrogen-bond donors (Lipinski definition) is 5. The molecule has 1 heterocycles. The number of hydrazine groups is 1. The summed E-state index contributed by atoms with van der Waals surface area (Å²) in [5.41, 5.74) is 1.69. The van der Waals surface area contributed by atoms with Crippen molar-refractivity contribution < 1.29 is 41.4 Å². The van der Waals surface area contributed by atoms with Crippen LogP contribution in [0.5, 0.6) is 11.5 Å². The van der Waals surface area contributed by atoms with E-state index < -0.39 is 65.6 Å². The van der Waals surface area contributed by atoms with Crippen LogP contribution < -0.4 is 21.1 Å². The van der Waals surface area contributed by atoms with Gasteiger partial charge in [-0.05, 0) is 36.4 Å². The number of carbonyl (C=O) groups excluding carboxylic acids is 1. The van der Waals surface area contributed by atoms with Gasteiger partial charge in [0.15, 0.2) is 11.6 Å². The first-order chi connectivity index (χ1) is 18.3. The predicted molar refractivity (Wildman–Crippen MR) is 130 cm³/mol. The lowest BCUT2D eigenvalue weighted by atomic mass is 10.2. The van der Waals surface area contributed by atoms with Gasteiger partial charge in [0.25, 0.3) is 5.91 Å². The molecule has 0 aromatic heterocycles. The summed E-state index contributed by atoms with van der Waals surface area (Å²) in [5.74, 6) is -5.86. The third-order valence-corrected chi connectivity index (χ3v) is 5.65. The van der Waals surface area contributed by atoms with Gasteiger partial charge in [-0.25, -0.2) is 18.6 Å². The van der Waals surface area contributed by atoms with Gasteiger partial charge in [0.05, 0.1) is 5.69 Å². The monoisotopic (exact) mass is 573 g/mol. The van der Waals surface area contributed by atoms with Crippen molar-refractivity contribution in [2.45, 2.75) is 24.8 Å². The lowest BCUT2D eigenvalue weighted by Crippen LogP contribution is -2.51. The van der Waals surface area contributed by atoms with Crippen LogP contribution in [0.4, 0.5) is 37.7 Å². The van der Waals surface area contributed by atoms with Crippen molar-refractivity contribution in [1.29, 1.82) is 0 Å². The average Bonchev–Trinajstić information content (AvgIpc) is 3.24. The minimum absolute atomic E-state index is 0.0517. The summed E-state index contributed by atoms with van der Waals surface area (Å²) < 4.78 is 81.8. The fraction of sp³-hybridized carbons (Fsp3) is 0.167. The molecule has 0 aliphatic carbocycles. The van der Waals surface area contributed by atoms with Crippen molar-refractivity contribution >= 4 is 34.8 Å². The normalized spacial score (nSPS) is 17.8. The number of phenolic OH excluding ortho intramolecular Hbond substituents is 2. The molecular weight excluding hydrogens is 556 g/mol. The molecule has 0 spiro atoms. The number of anilines is 2. The Hall–Kier alpha value is -4.17. The Kier molecular flexibility index (Phi) is 7.79. The summed E-state index contributed by atoms with van der Waals surface area (Å²) in [6.45, 7) is 0. The van der Waals surface area contributed by atoms with E-state index in [1.807, 2.05) is 0 Å². The Labute approximate surface area is 221 Å². The minimum Gasteiger partial charge on any atom is -0.508 e. The first-order valence-corrected chi connectivity index (χ1v) is 11.4. The maximum Gasteiger partial charge on any atom is 0.405 e. The number of nitrogens with one attached hydrogen (secondary N) is 3. The standard InChI is InChI=1S/C24H18ClF6N5O3/c25-12-4-13(26)6-14(5-12)32-23(34-22(39)11-1-2-18(27)19(28)3-11)33-21-10-20(24(29,30)31)35-36(21)15-7-16(37)9-17(38)8-15/h1-9,20-21,35,37-38H,10H2,(H2,32,33,34,39). The number of rotatable bonds is 4. The van der Waals surface area contributed by atoms with Crippen LogP contribution in [0, 0.1) is 17.5 Å². The highest BCUT2D eigenvalue weighted by Gasteiger charge is 2.48. The molecule has 1 fully saturated rings. The number of benzene rings is 3. The maximum absolute atomic E-state index is 13.9. The summed E-state index contributed by atoms with van der Waals surface area (Å²) >= 11 is 5.86. The van der Waals surface area contributed by atoms with Gasteiger partial charge in [-0.3, -0.25) is 9.80 Å². The van der Waals surface area contributed by atoms with Gasteiger partial charge in [0.1, 0.15) is 29.5 Å². The number of phenols is 2. The molecule has 3 aromatic rings. The average molecular weight is 574 g/mol. The summed E-state index contributed by atoms with van der Waals surface area (Å²) in [7, 11) is 0. The molecular formula is C24H18ClF6N5O3. The molecule has 0 radical (unpaired) electrons. The molecule has 39 heavy (non-hydrogen) atoms. The number of alkyl halides is 3. The van der Waals surface area contributed by atoms with Crippen LogP contribution in [0.15, 0.2) is 59.6 Å². The van der Waals surface area contributed by atoms with Gasteiger partial charge in [0.2, 0.25) is 5.96 Å². The molecule has 0 saturated carbocycles. The molecule has 1 amide bonds. The lowest BCUT2D eigenvalue weighted by Gasteiger charge is -2.28. The van der Waals surface area contributed by atoms with Crippen molar-refractivity contribution in [2.75, 3.05) is 10.3 Å². The first kappa shape index (κ1) is 27.9. The van der Waals surface area contributed by atoms with E-state index in [1.165, 1.54) is 6.07 Å². The maximum atomic E-state index is 13.9.